The van der Waals surface area contributed by atoms with Crippen LogP contribution in [-0.4, -0.2) is 27.3 Å². The van der Waals surface area contributed by atoms with Crippen LogP contribution >= 0.6 is 0 Å². The fourth-order valence-corrected chi connectivity index (χ4v) is 0. The molecular weight excluding hydrogens is 283 g/mol. The fraction of sp³-hybridized carbons (Fsp3) is 0. The molecule has 0 amide bonds. The van der Waals surface area contributed by atoms with Gasteiger partial charge in [-0.2, -0.15) is 0 Å². The predicted octanol–water partition coefficient (Wildman–Crippen LogP) is -1.62. The Morgan fingerprint density at radius 1 is 1.40 bits per heavy atom. The Morgan fingerprint density at radius 3 is 1.40 bits per heavy atom. The van der Waals surface area contributed by atoms with Gasteiger partial charge in [0.15, 0.2) is 0 Å². The molecule has 0 heterocycles. The summed E-state index contributed by atoms with van der Waals surface area (Å²) in [6.45, 7) is 0. The van der Waals surface area contributed by atoms with Crippen LogP contribution in [0.1, 0.15) is 0 Å². The number of hydrogen-bond acceptors (Lipinski definition) is 1. The van der Waals surface area contributed by atoms with Crippen LogP contribution in [0.25, 0.3) is 0 Å². The van der Waals surface area contributed by atoms with Gasteiger partial charge >= 0.3 is 30.4 Å². The number of rotatable bonds is 0. The Hall–Kier alpha value is 1.25. The van der Waals surface area contributed by atoms with Crippen LogP contribution in [0.3, 0.4) is 0 Å². The predicted molar refractivity (Wildman–Crippen MR) is 10.9 cm³/mol. The van der Waals surface area contributed by atoms with Crippen molar-refractivity contribution >= 4 is 20.4 Å². The number of hydrogen-bond donors (Lipinski definition) is 2. The Bertz CT molecular complexity index is 29.9. The van der Waals surface area contributed by atoms with Gasteiger partial charge in [-0.3, -0.25) is 0 Å². The minimum atomic E-state index is -3.61. The minimum Gasteiger partial charge on any atom is 0 e. The summed E-state index contributed by atoms with van der Waals surface area (Å²) in [7, 11) is 0. The molecule has 0 aliphatic carbocycles. The summed E-state index contributed by atoms with van der Waals surface area (Å²) in [6, 6.07) is 0. The molecule has 0 rings (SSSR count). The van der Waals surface area contributed by atoms with Gasteiger partial charge in [-0.05, 0) is 0 Å². The molecule has 0 fully saturated rings. The Labute approximate surface area is 52.6 Å². The first kappa shape index (κ1) is 9.54. The van der Waals surface area contributed by atoms with Crippen LogP contribution in [0.5, 0.6) is 0 Å². The van der Waals surface area contributed by atoms with Crippen molar-refractivity contribution in [3.8, 4) is 0 Å². The Morgan fingerprint density at radius 2 is 1.40 bits per heavy atom. The van der Waals surface area contributed by atoms with Gasteiger partial charge in [0.05, 0.1) is 0 Å². The van der Waals surface area contributed by atoms with Crippen molar-refractivity contribution in [3.63, 3.8) is 0 Å². The van der Waals surface area contributed by atoms with Crippen molar-refractivity contribution in [3.05, 3.63) is 0 Å². The standard InChI is InChI=1S/Ag.H2O3Te/c;1-4(2)3/h;(H2,1,2,3). The molecule has 0 aromatic carbocycles. The van der Waals surface area contributed by atoms with Crippen molar-refractivity contribution in [1.82, 2.24) is 0 Å². The van der Waals surface area contributed by atoms with Gasteiger partial charge in [0.25, 0.3) is 0 Å². The summed E-state index contributed by atoms with van der Waals surface area (Å²) in [5.74, 6) is 0. The van der Waals surface area contributed by atoms with Crippen LogP contribution < -0.4 is 0 Å². The largest absolute Gasteiger partial charge is 0 e. The molecule has 0 unspecified atom stereocenters. The molecule has 0 aliphatic rings. The van der Waals surface area contributed by atoms with E-state index >= 15 is 0 Å². The molecular formula is H2AgO3Te. The molecule has 0 aromatic heterocycles. The molecule has 0 saturated carbocycles. The van der Waals surface area contributed by atoms with Gasteiger partial charge in [0.2, 0.25) is 0 Å². The van der Waals surface area contributed by atoms with E-state index in [1.807, 2.05) is 0 Å². The average Bonchev–Trinajstić information content (AvgIpc) is 0.811. The molecule has 0 aromatic rings. The van der Waals surface area contributed by atoms with Crippen molar-refractivity contribution in [2.75, 3.05) is 0 Å². The van der Waals surface area contributed by atoms with E-state index in [1.54, 1.807) is 0 Å². The average molecular weight is 285 g/mol. The fourth-order valence-electron chi connectivity index (χ4n) is 0. The van der Waals surface area contributed by atoms with E-state index in [2.05, 4.69) is 0 Å². The normalized spacial score (nSPS) is 7.00. The van der Waals surface area contributed by atoms with Crippen LogP contribution in [0.2, 0.25) is 0 Å². The van der Waals surface area contributed by atoms with Crippen LogP contribution in [0, 0.1) is 0 Å². The summed E-state index contributed by atoms with van der Waals surface area (Å²) in [5.41, 5.74) is 0. The minimum absolute atomic E-state index is 0. The zero-order chi connectivity index (χ0) is 3.58. The van der Waals surface area contributed by atoms with Crippen LogP contribution in [0.15, 0.2) is 0 Å². The maximum absolute atomic E-state index is 8.81. The molecule has 2 N–H and O–H groups in total. The summed E-state index contributed by atoms with van der Waals surface area (Å²) in [6.07, 6.45) is 0. The molecule has 0 atom stereocenters. The summed E-state index contributed by atoms with van der Waals surface area (Å²) < 4.78 is 23.3. The van der Waals surface area contributed by atoms with Gasteiger partial charge in [-0.25, -0.2) is 0 Å². The van der Waals surface area contributed by atoms with Crippen LogP contribution in [0.4, 0.5) is 0 Å². The first-order valence-electron chi connectivity index (χ1n) is 0.532. The third kappa shape index (κ3) is 35.5. The van der Waals surface area contributed by atoms with Crippen molar-refractivity contribution in [2.45, 2.75) is 0 Å². The van der Waals surface area contributed by atoms with E-state index in [-0.39, 0.29) is 22.4 Å². The van der Waals surface area contributed by atoms with E-state index in [0.717, 1.165) is 0 Å². The second-order valence-electron chi connectivity index (χ2n) is 0.231. The Kier molecular flexibility index (Phi) is 10.0. The molecule has 5 heavy (non-hydrogen) atoms. The maximum Gasteiger partial charge on any atom is 0 e. The van der Waals surface area contributed by atoms with Crippen molar-refractivity contribution in [1.29, 1.82) is 0 Å². The smallest absolute Gasteiger partial charge is 0 e. The van der Waals surface area contributed by atoms with Gasteiger partial charge < -0.3 is 0 Å². The van der Waals surface area contributed by atoms with E-state index in [1.165, 1.54) is 0 Å². The van der Waals surface area contributed by atoms with E-state index in [9.17, 15) is 0 Å². The van der Waals surface area contributed by atoms with Gasteiger partial charge in [-0.1, -0.05) is 0 Å². The summed E-state index contributed by atoms with van der Waals surface area (Å²) in [4.78, 5) is 0. The topological polar surface area (TPSA) is 57.5 Å². The molecule has 1 radical (unpaired) electrons. The first-order chi connectivity index (χ1) is 1.73. The molecule has 0 bridgehead atoms. The molecule has 37 valence electrons. The quantitative estimate of drug-likeness (QED) is 0.526. The summed E-state index contributed by atoms with van der Waals surface area (Å²) in [5, 5.41) is 0. The SMILES string of the molecule is O=[Te](O)O.[Ag]. The molecule has 0 aliphatic heterocycles. The maximum atomic E-state index is 8.81. The van der Waals surface area contributed by atoms with Gasteiger partial charge in [0.1, 0.15) is 0 Å². The van der Waals surface area contributed by atoms with E-state index in [0.29, 0.717) is 0 Å². The second-order valence-corrected chi connectivity index (χ2v) is 1.55. The van der Waals surface area contributed by atoms with Crippen molar-refractivity contribution < 1.29 is 32.4 Å². The summed E-state index contributed by atoms with van der Waals surface area (Å²) >= 11 is -3.61. The molecule has 0 spiro atoms. The third-order valence-electron chi connectivity index (χ3n) is 0. The third-order valence-corrected chi connectivity index (χ3v) is 0. The first-order valence-corrected chi connectivity index (χ1v) is 3.57. The monoisotopic (exact) mass is 287 g/mol. The van der Waals surface area contributed by atoms with E-state index in [4.69, 9.17) is 10.0 Å². The zero-order valence-electron chi connectivity index (χ0n) is 2.01. The van der Waals surface area contributed by atoms with Gasteiger partial charge in [0, 0.05) is 22.4 Å². The molecule has 5 heteroatoms. The zero-order valence-corrected chi connectivity index (χ0v) is 5.83. The second kappa shape index (κ2) is 5.25. The van der Waals surface area contributed by atoms with Crippen LogP contribution in [-0.2, 0) is 25.5 Å². The molecule has 0 saturated heterocycles. The van der Waals surface area contributed by atoms with Gasteiger partial charge in [-0.15, -0.1) is 0 Å². The van der Waals surface area contributed by atoms with Crippen molar-refractivity contribution in [2.24, 2.45) is 0 Å². The molecule has 3 nitrogen and oxygen atoms in total. The Balaban J connectivity index is 0. The van der Waals surface area contributed by atoms with E-state index < -0.39 is 20.4 Å².